The predicted molar refractivity (Wildman–Crippen MR) is 135 cm³/mol. The van der Waals surface area contributed by atoms with Gasteiger partial charge in [0.05, 0.1) is 31.9 Å². The van der Waals surface area contributed by atoms with E-state index < -0.39 is 0 Å². The first-order valence-corrected chi connectivity index (χ1v) is 11.7. The average molecular weight is 458 g/mol. The van der Waals surface area contributed by atoms with Crippen LogP contribution in [0.3, 0.4) is 0 Å². The lowest BCUT2D eigenvalue weighted by Crippen LogP contribution is -2.24. The van der Waals surface area contributed by atoms with Gasteiger partial charge >= 0.3 is 0 Å². The first-order chi connectivity index (χ1) is 16.6. The molecule has 0 unspecified atom stereocenters. The highest BCUT2D eigenvalue weighted by Crippen LogP contribution is 2.40. The largest absolute Gasteiger partial charge is 0.497 e. The molecule has 2 aromatic heterocycles. The van der Waals surface area contributed by atoms with Crippen LogP contribution in [0.1, 0.15) is 41.3 Å². The van der Waals surface area contributed by atoms with Gasteiger partial charge in [0.2, 0.25) is 0 Å². The van der Waals surface area contributed by atoms with Crippen LogP contribution in [0.25, 0.3) is 11.0 Å². The van der Waals surface area contributed by atoms with Crippen molar-refractivity contribution in [3.05, 3.63) is 83.0 Å². The normalized spacial score (nSPS) is 13.3. The van der Waals surface area contributed by atoms with Gasteiger partial charge in [-0.05, 0) is 72.9 Å². The van der Waals surface area contributed by atoms with Gasteiger partial charge in [-0.1, -0.05) is 24.3 Å². The van der Waals surface area contributed by atoms with Gasteiger partial charge in [0.25, 0.3) is 0 Å². The van der Waals surface area contributed by atoms with Gasteiger partial charge in [-0.15, -0.1) is 0 Å². The van der Waals surface area contributed by atoms with Crippen molar-refractivity contribution in [3.63, 3.8) is 0 Å². The van der Waals surface area contributed by atoms with Gasteiger partial charge in [0.15, 0.2) is 0 Å². The summed E-state index contributed by atoms with van der Waals surface area (Å²) in [5.41, 5.74) is 6.48. The molecule has 176 valence electrons. The molecule has 0 spiro atoms. The summed E-state index contributed by atoms with van der Waals surface area (Å²) in [6, 6.07) is 21.1. The SMILES string of the molecule is COc1ccc(CN(Cc2ccc(OC)cc2)c2nc3cc(CO)n(C4CC4)c3cc2C)cc1. The number of anilines is 1. The predicted octanol–water partition coefficient (Wildman–Crippen LogP) is 5.40. The average Bonchev–Trinajstić information content (AvgIpc) is 3.64. The third-order valence-electron chi connectivity index (χ3n) is 6.51. The molecule has 0 atom stereocenters. The van der Waals surface area contributed by atoms with Crippen LogP contribution in [0.2, 0.25) is 0 Å². The van der Waals surface area contributed by atoms with Gasteiger partial charge in [0.1, 0.15) is 17.3 Å². The maximum Gasteiger partial charge on any atom is 0.132 e. The summed E-state index contributed by atoms with van der Waals surface area (Å²) in [7, 11) is 3.36. The highest BCUT2D eigenvalue weighted by Gasteiger charge is 2.28. The molecule has 0 aliphatic heterocycles. The molecular formula is C28H31N3O3. The van der Waals surface area contributed by atoms with E-state index in [0.717, 1.165) is 39.6 Å². The number of hydrogen-bond acceptors (Lipinski definition) is 5. The Kier molecular flexibility index (Phi) is 6.16. The summed E-state index contributed by atoms with van der Waals surface area (Å²) >= 11 is 0. The summed E-state index contributed by atoms with van der Waals surface area (Å²) in [6.07, 6.45) is 2.33. The third kappa shape index (κ3) is 4.46. The fraction of sp³-hybridized carbons (Fsp3) is 0.321. The minimum absolute atomic E-state index is 0.0304. The van der Waals surface area contributed by atoms with Crippen molar-refractivity contribution in [2.24, 2.45) is 0 Å². The molecule has 4 aromatic rings. The standard InChI is InChI=1S/C28H31N3O3/c1-19-14-27-26(15-23(18-32)31(27)22-8-9-22)29-28(19)30(16-20-4-10-24(33-2)11-5-20)17-21-6-12-25(34-3)13-7-21/h4-7,10-15,22,32H,8-9,16-18H2,1-3H3. The van der Waals surface area contributed by atoms with Gasteiger partial charge in [0, 0.05) is 24.8 Å². The molecule has 5 rings (SSSR count). The molecule has 1 N–H and O–H groups in total. The molecule has 0 bridgehead atoms. The molecule has 1 aliphatic rings. The molecule has 0 amide bonds. The van der Waals surface area contributed by atoms with E-state index in [-0.39, 0.29) is 6.61 Å². The van der Waals surface area contributed by atoms with E-state index in [1.54, 1.807) is 14.2 Å². The Morgan fingerprint density at radius 3 is 1.94 bits per heavy atom. The number of methoxy groups -OCH3 is 2. The lowest BCUT2D eigenvalue weighted by atomic mass is 10.1. The Bertz CT molecular complexity index is 1230. The number of aliphatic hydroxyl groups excluding tert-OH is 1. The van der Waals surface area contributed by atoms with Crippen molar-refractivity contribution in [2.45, 2.75) is 45.5 Å². The number of hydrogen-bond donors (Lipinski definition) is 1. The minimum Gasteiger partial charge on any atom is -0.497 e. The monoisotopic (exact) mass is 457 g/mol. The maximum atomic E-state index is 9.94. The van der Waals surface area contributed by atoms with Crippen molar-refractivity contribution >= 4 is 16.9 Å². The van der Waals surface area contributed by atoms with E-state index in [1.807, 2.05) is 30.3 Å². The van der Waals surface area contributed by atoms with Crippen LogP contribution in [-0.4, -0.2) is 28.9 Å². The Labute approximate surface area is 200 Å². The topological polar surface area (TPSA) is 59.8 Å². The second-order valence-electron chi connectivity index (χ2n) is 8.98. The van der Waals surface area contributed by atoms with E-state index in [4.69, 9.17) is 14.5 Å². The summed E-state index contributed by atoms with van der Waals surface area (Å²) in [5, 5.41) is 9.94. The second kappa shape index (κ2) is 9.39. The number of ether oxygens (including phenoxy) is 2. The van der Waals surface area contributed by atoms with E-state index in [2.05, 4.69) is 46.7 Å². The highest BCUT2D eigenvalue weighted by molar-refractivity contribution is 5.81. The zero-order valence-corrected chi connectivity index (χ0v) is 20.0. The fourth-order valence-corrected chi connectivity index (χ4v) is 4.60. The molecule has 0 radical (unpaired) electrons. The molecule has 2 aromatic carbocycles. The van der Waals surface area contributed by atoms with Crippen LogP contribution in [0.5, 0.6) is 11.5 Å². The zero-order chi connectivity index (χ0) is 23.7. The van der Waals surface area contributed by atoms with Gasteiger partial charge in [-0.2, -0.15) is 0 Å². The molecule has 34 heavy (non-hydrogen) atoms. The number of benzene rings is 2. The smallest absolute Gasteiger partial charge is 0.132 e. The highest BCUT2D eigenvalue weighted by atomic mass is 16.5. The van der Waals surface area contributed by atoms with Crippen LogP contribution in [0, 0.1) is 6.92 Å². The van der Waals surface area contributed by atoms with Crippen LogP contribution in [-0.2, 0) is 19.7 Å². The van der Waals surface area contributed by atoms with Crippen molar-refractivity contribution in [3.8, 4) is 11.5 Å². The first-order valence-electron chi connectivity index (χ1n) is 11.7. The quantitative estimate of drug-likeness (QED) is 0.365. The number of aryl methyl sites for hydroxylation is 1. The maximum absolute atomic E-state index is 9.94. The Balaban J connectivity index is 1.54. The summed E-state index contributed by atoms with van der Waals surface area (Å²) in [5.74, 6) is 2.65. The van der Waals surface area contributed by atoms with Crippen LogP contribution in [0.15, 0.2) is 60.7 Å². The number of rotatable bonds is 9. The molecule has 0 saturated heterocycles. The molecular weight excluding hydrogens is 426 g/mol. The lowest BCUT2D eigenvalue weighted by Gasteiger charge is -2.26. The molecule has 1 fully saturated rings. The molecule has 1 saturated carbocycles. The first kappa shape index (κ1) is 22.3. The van der Waals surface area contributed by atoms with Crippen LogP contribution < -0.4 is 14.4 Å². The van der Waals surface area contributed by atoms with Crippen molar-refractivity contribution in [1.82, 2.24) is 9.55 Å². The van der Waals surface area contributed by atoms with Crippen molar-refractivity contribution < 1.29 is 14.6 Å². The van der Waals surface area contributed by atoms with Gasteiger partial charge < -0.3 is 24.0 Å². The number of fused-ring (bicyclic) bond motifs is 1. The molecule has 6 heteroatoms. The zero-order valence-electron chi connectivity index (χ0n) is 20.0. The number of nitrogens with zero attached hydrogens (tertiary/aromatic N) is 3. The Hall–Kier alpha value is -3.51. The molecule has 1 aliphatic carbocycles. The number of aromatic nitrogens is 2. The van der Waals surface area contributed by atoms with Gasteiger partial charge in [-0.3, -0.25) is 0 Å². The van der Waals surface area contributed by atoms with E-state index in [1.165, 1.54) is 24.0 Å². The summed E-state index contributed by atoms with van der Waals surface area (Å²) in [4.78, 5) is 7.43. The third-order valence-corrected chi connectivity index (χ3v) is 6.51. The Morgan fingerprint density at radius 1 is 0.912 bits per heavy atom. The molecule has 6 nitrogen and oxygen atoms in total. The number of pyridine rings is 1. The Morgan fingerprint density at radius 2 is 1.47 bits per heavy atom. The summed E-state index contributed by atoms with van der Waals surface area (Å²) < 4.78 is 12.9. The fourth-order valence-electron chi connectivity index (χ4n) is 4.60. The molecule has 2 heterocycles. The van der Waals surface area contributed by atoms with E-state index in [0.29, 0.717) is 19.1 Å². The van der Waals surface area contributed by atoms with E-state index >= 15 is 0 Å². The van der Waals surface area contributed by atoms with Crippen molar-refractivity contribution in [2.75, 3.05) is 19.1 Å². The van der Waals surface area contributed by atoms with Gasteiger partial charge in [-0.25, -0.2) is 4.98 Å². The second-order valence-corrected chi connectivity index (χ2v) is 8.98. The van der Waals surface area contributed by atoms with E-state index in [9.17, 15) is 5.11 Å². The lowest BCUT2D eigenvalue weighted by molar-refractivity contribution is 0.271. The van der Waals surface area contributed by atoms with Crippen molar-refractivity contribution in [1.29, 1.82) is 0 Å². The van der Waals surface area contributed by atoms with Crippen LogP contribution >= 0.6 is 0 Å². The minimum atomic E-state index is 0.0304. The number of aliphatic hydroxyl groups is 1. The summed E-state index contributed by atoms with van der Waals surface area (Å²) in [6.45, 7) is 3.58. The van der Waals surface area contributed by atoms with Crippen LogP contribution in [0.4, 0.5) is 5.82 Å².